The SMILES string of the molecule is CCC(CO)c1ccc(Cl)s1. The van der Waals surface area contributed by atoms with Gasteiger partial charge in [0.25, 0.3) is 0 Å². The van der Waals surface area contributed by atoms with Crippen molar-refractivity contribution in [2.24, 2.45) is 0 Å². The first kappa shape index (κ1) is 9.04. The number of aliphatic hydroxyl groups excluding tert-OH is 1. The first-order chi connectivity index (χ1) is 5.27. The van der Waals surface area contributed by atoms with E-state index < -0.39 is 0 Å². The molecule has 0 bridgehead atoms. The molecular weight excluding hydrogens is 180 g/mol. The van der Waals surface area contributed by atoms with Crippen molar-refractivity contribution in [1.29, 1.82) is 0 Å². The normalized spacial score (nSPS) is 13.4. The average molecular weight is 191 g/mol. The molecule has 11 heavy (non-hydrogen) atoms. The lowest BCUT2D eigenvalue weighted by Gasteiger charge is -2.07. The van der Waals surface area contributed by atoms with Crippen molar-refractivity contribution in [2.75, 3.05) is 6.61 Å². The molecule has 1 N–H and O–H groups in total. The maximum Gasteiger partial charge on any atom is 0.0931 e. The molecule has 3 heteroatoms. The van der Waals surface area contributed by atoms with E-state index in [1.807, 2.05) is 12.1 Å². The van der Waals surface area contributed by atoms with Crippen molar-refractivity contribution in [2.45, 2.75) is 19.3 Å². The van der Waals surface area contributed by atoms with Gasteiger partial charge in [-0.15, -0.1) is 11.3 Å². The molecule has 0 aliphatic rings. The van der Waals surface area contributed by atoms with Gasteiger partial charge < -0.3 is 5.11 Å². The van der Waals surface area contributed by atoms with Gasteiger partial charge >= 0.3 is 0 Å². The average Bonchev–Trinajstić information content (AvgIpc) is 2.39. The molecular formula is C8H11ClOS. The van der Waals surface area contributed by atoms with Gasteiger partial charge in [0.05, 0.1) is 10.9 Å². The number of halogens is 1. The fourth-order valence-electron chi connectivity index (χ4n) is 0.968. The molecule has 0 aliphatic heterocycles. The molecule has 1 rings (SSSR count). The van der Waals surface area contributed by atoms with Crippen molar-refractivity contribution in [3.63, 3.8) is 0 Å². The highest BCUT2D eigenvalue weighted by molar-refractivity contribution is 7.16. The molecule has 1 nitrogen and oxygen atoms in total. The first-order valence-corrected chi connectivity index (χ1v) is 4.83. The van der Waals surface area contributed by atoms with Crippen molar-refractivity contribution in [3.05, 3.63) is 21.3 Å². The lowest BCUT2D eigenvalue weighted by atomic mass is 10.1. The molecule has 1 atom stereocenters. The number of hydrogen-bond acceptors (Lipinski definition) is 2. The summed E-state index contributed by atoms with van der Waals surface area (Å²) < 4.78 is 0.798. The molecule has 0 fully saturated rings. The minimum absolute atomic E-state index is 0.216. The molecule has 0 spiro atoms. The minimum atomic E-state index is 0.216. The second-order valence-corrected chi connectivity index (χ2v) is 4.18. The third kappa shape index (κ3) is 2.19. The molecule has 0 saturated carbocycles. The van der Waals surface area contributed by atoms with E-state index in [1.165, 1.54) is 4.88 Å². The highest BCUT2D eigenvalue weighted by Crippen LogP contribution is 2.29. The Morgan fingerprint density at radius 2 is 2.36 bits per heavy atom. The summed E-state index contributed by atoms with van der Waals surface area (Å²) in [4.78, 5) is 1.18. The molecule has 1 aromatic heterocycles. The van der Waals surface area contributed by atoms with Gasteiger partial charge in [0.2, 0.25) is 0 Å². The summed E-state index contributed by atoms with van der Waals surface area (Å²) in [5.41, 5.74) is 0. The number of aliphatic hydroxyl groups is 1. The van der Waals surface area contributed by atoms with E-state index in [9.17, 15) is 0 Å². The predicted molar refractivity (Wildman–Crippen MR) is 49.4 cm³/mol. The number of rotatable bonds is 3. The minimum Gasteiger partial charge on any atom is -0.396 e. The van der Waals surface area contributed by atoms with Gasteiger partial charge in [0.15, 0.2) is 0 Å². The molecule has 0 amide bonds. The summed E-state index contributed by atoms with van der Waals surface area (Å²) in [5, 5.41) is 8.95. The molecule has 0 aromatic carbocycles. The van der Waals surface area contributed by atoms with Gasteiger partial charge in [0, 0.05) is 10.8 Å². The largest absolute Gasteiger partial charge is 0.396 e. The van der Waals surface area contributed by atoms with Gasteiger partial charge in [-0.1, -0.05) is 18.5 Å². The van der Waals surface area contributed by atoms with Gasteiger partial charge in [0.1, 0.15) is 0 Å². The van der Waals surface area contributed by atoms with E-state index in [-0.39, 0.29) is 12.5 Å². The molecule has 1 heterocycles. The van der Waals surface area contributed by atoms with Crippen LogP contribution in [0.25, 0.3) is 0 Å². The topological polar surface area (TPSA) is 20.2 Å². The molecule has 62 valence electrons. The van der Waals surface area contributed by atoms with E-state index in [1.54, 1.807) is 11.3 Å². The third-order valence-corrected chi connectivity index (χ3v) is 3.10. The second-order valence-electron chi connectivity index (χ2n) is 2.43. The summed E-state index contributed by atoms with van der Waals surface area (Å²) in [5.74, 6) is 0.271. The van der Waals surface area contributed by atoms with Crippen molar-refractivity contribution in [3.8, 4) is 0 Å². The van der Waals surface area contributed by atoms with E-state index in [0.717, 1.165) is 10.8 Å². The van der Waals surface area contributed by atoms with Crippen molar-refractivity contribution < 1.29 is 5.11 Å². The number of thiophene rings is 1. The maximum absolute atomic E-state index is 8.95. The highest BCUT2D eigenvalue weighted by atomic mass is 35.5. The van der Waals surface area contributed by atoms with E-state index in [4.69, 9.17) is 16.7 Å². The highest BCUT2D eigenvalue weighted by Gasteiger charge is 2.09. The monoisotopic (exact) mass is 190 g/mol. The third-order valence-electron chi connectivity index (χ3n) is 1.71. The van der Waals surface area contributed by atoms with Crippen LogP contribution in [0.15, 0.2) is 12.1 Å². The zero-order chi connectivity index (χ0) is 8.27. The summed E-state index contributed by atoms with van der Waals surface area (Å²) in [7, 11) is 0. The Morgan fingerprint density at radius 3 is 2.73 bits per heavy atom. The Morgan fingerprint density at radius 1 is 1.64 bits per heavy atom. The molecule has 0 saturated heterocycles. The Hall–Kier alpha value is -0.0500. The summed E-state index contributed by atoms with van der Waals surface area (Å²) >= 11 is 7.31. The fourth-order valence-corrected chi connectivity index (χ4v) is 2.20. The Kier molecular flexibility index (Phi) is 3.37. The van der Waals surface area contributed by atoms with Crippen LogP contribution in [-0.4, -0.2) is 11.7 Å². The van der Waals surface area contributed by atoms with Crippen LogP contribution < -0.4 is 0 Å². The Labute approximate surface area is 75.6 Å². The van der Waals surface area contributed by atoms with Crippen LogP contribution in [0.1, 0.15) is 24.1 Å². The standard InChI is InChI=1S/C8H11ClOS/c1-2-6(5-10)7-3-4-8(9)11-7/h3-4,6,10H,2,5H2,1H3. The molecule has 0 aliphatic carbocycles. The van der Waals surface area contributed by atoms with Crippen molar-refractivity contribution in [1.82, 2.24) is 0 Å². The quantitative estimate of drug-likeness (QED) is 0.777. The van der Waals surface area contributed by atoms with Crippen LogP contribution in [-0.2, 0) is 0 Å². The van der Waals surface area contributed by atoms with Crippen LogP contribution >= 0.6 is 22.9 Å². The van der Waals surface area contributed by atoms with Gasteiger partial charge in [-0.05, 0) is 18.6 Å². The zero-order valence-electron chi connectivity index (χ0n) is 6.38. The molecule has 1 unspecified atom stereocenters. The molecule has 1 aromatic rings. The van der Waals surface area contributed by atoms with Crippen LogP contribution in [0.5, 0.6) is 0 Å². The van der Waals surface area contributed by atoms with Crippen LogP contribution in [0, 0.1) is 0 Å². The van der Waals surface area contributed by atoms with Crippen LogP contribution in [0.3, 0.4) is 0 Å². The Bertz CT molecular complexity index is 218. The maximum atomic E-state index is 8.95. The van der Waals surface area contributed by atoms with E-state index in [2.05, 4.69) is 6.92 Å². The van der Waals surface area contributed by atoms with E-state index >= 15 is 0 Å². The first-order valence-electron chi connectivity index (χ1n) is 3.64. The zero-order valence-corrected chi connectivity index (χ0v) is 7.95. The van der Waals surface area contributed by atoms with Crippen LogP contribution in [0.4, 0.5) is 0 Å². The van der Waals surface area contributed by atoms with Crippen LogP contribution in [0.2, 0.25) is 4.34 Å². The number of hydrogen-bond donors (Lipinski definition) is 1. The smallest absolute Gasteiger partial charge is 0.0931 e. The van der Waals surface area contributed by atoms with Gasteiger partial charge in [-0.25, -0.2) is 0 Å². The Balaban J connectivity index is 2.73. The van der Waals surface area contributed by atoms with E-state index in [0.29, 0.717) is 0 Å². The summed E-state index contributed by atoms with van der Waals surface area (Å²) in [6.45, 7) is 2.28. The summed E-state index contributed by atoms with van der Waals surface area (Å²) in [6, 6.07) is 3.86. The lowest BCUT2D eigenvalue weighted by molar-refractivity contribution is 0.264. The van der Waals surface area contributed by atoms with Crippen molar-refractivity contribution >= 4 is 22.9 Å². The summed E-state index contributed by atoms with van der Waals surface area (Å²) in [6.07, 6.45) is 0.966. The lowest BCUT2D eigenvalue weighted by Crippen LogP contribution is -1.99. The van der Waals surface area contributed by atoms with Gasteiger partial charge in [-0.2, -0.15) is 0 Å². The fraction of sp³-hybridized carbons (Fsp3) is 0.500. The predicted octanol–water partition coefficient (Wildman–Crippen LogP) is 2.89. The second kappa shape index (κ2) is 4.10. The molecule has 0 radical (unpaired) electrons. The van der Waals surface area contributed by atoms with Gasteiger partial charge in [-0.3, -0.25) is 0 Å².